The predicted molar refractivity (Wildman–Crippen MR) is 50.9 cm³/mol. The van der Waals surface area contributed by atoms with Crippen LogP contribution in [0.3, 0.4) is 0 Å². The maximum atomic E-state index is 13.0. The molecule has 0 saturated heterocycles. The van der Waals surface area contributed by atoms with Gasteiger partial charge in [-0.3, -0.25) is 0 Å². The van der Waals surface area contributed by atoms with Crippen molar-refractivity contribution in [3.05, 3.63) is 34.9 Å². The van der Waals surface area contributed by atoms with Crippen LogP contribution >= 0.6 is 12.4 Å². The fraction of sp³-hybridized carbons (Fsp3) is 0.222. The fourth-order valence-corrected chi connectivity index (χ4v) is 0.962. The number of nitriles is 1. The van der Waals surface area contributed by atoms with E-state index in [1.165, 1.54) is 6.07 Å². The van der Waals surface area contributed by atoms with E-state index in [0.29, 0.717) is 5.56 Å². The van der Waals surface area contributed by atoms with Crippen LogP contribution in [0.5, 0.6) is 0 Å². The smallest absolute Gasteiger partial charge is 0.144 e. The second-order valence-corrected chi connectivity index (χ2v) is 2.76. The van der Waals surface area contributed by atoms with Crippen LogP contribution in [0.15, 0.2) is 12.1 Å². The van der Waals surface area contributed by atoms with E-state index in [2.05, 4.69) is 0 Å². The Hall–Kier alpha value is -1.18. The van der Waals surface area contributed by atoms with Gasteiger partial charge in [-0.2, -0.15) is 5.26 Å². The minimum Gasteiger partial charge on any atom is -0.324 e. The summed E-state index contributed by atoms with van der Waals surface area (Å²) in [7, 11) is 0. The van der Waals surface area contributed by atoms with Crippen LogP contribution in [0.2, 0.25) is 0 Å². The standard InChI is InChI=1S/C9H8F2N2.ClH/c1-5(13)6-2-8(10)7(4-12)9(11)3-6;/h2-3,5H,13H2,1H3;1H/t5-;/m1./s1. The van der Waals surface area contributed by atoms with Gasteiger partial charge >= 0.3 is 0 Å². The first-order chi connectivity index (χ1) is 6.06. The Labute approximate surface area is 86.7 Å². The van der Waals surface area contributed by atoms with E-state index < -0.39 is 23.2 Å². The molecule has 0 bridgehead atoms. The van der Waals surface area contributed by atoms with Crippen LogP contribution in [-0.4, -0.2) is 0 Å². The topological polar surface area (TPSA) is 49.8 Å². The summed E-state index contributed by atoms with van der Waals surface area (Å²) >= 11 is 0. The third-order valence-corrected chi connectivity index (χ3v) is 1.70. The molecule has 76 valence electrons. The molecule has 1 rings (SSSR count). The molecule has 0 radical (unpaired) electrons. The van der Waals surface area contributed by atoms with Crippen LogP contribution in [0, 0.1) is 23.0 Å². The average molecular weight is 219 g/mol. The van der Waals surface area contributed by atoms with E-state index in [-0.39, 0.29) is 12.4 Å². The zero-order valence-corrected chi connectivity index (χ0v) is 8.24. The van der Waals surface area contributed by atoms with Gasteiger partial charge < -0.3 is 5.73 Å². The first-order valence-corrected chi connectivity index (χ1v) is 3.71. The van der Waals surface area contributed by atoms with Crippen molar-refractivity contribution >= 4 is 12.4 Å². The van der Waals surface area contributed by atoms with Crippen molar-refractivity contribution in [2.45, 2.75) is 13.0 Å². The van der Waals surface area contributed by atoms with Gasteiger partial charge in [-0.1, -0.05) is 0 Å². The van der Waals surface area contributed by atoms with E-state index in [9.17, 15) is 8.78 Å². The summed E-state index contributed by atoms with van der Waals surface area (Å²) in [6.07, 6.45) is 0. The van der Waals surface area contributed by atoms with Crippen LogP contribution in [-0.2, 0) is 0 Å². The third kappa shape index (κ3) is 2.41. The number of nitrogens with two attached hydrogens (primary N) is 1. The molecule has 0 spiro atoms. The summed E-state index contributed by atoms with van der Waals surface area (Å²) in [5.41, 5.74) is 5.20. The Morgan fingerprint density at radius 3 is 2.07 bits per heavy atom. The minimum absolute atomic E-state index is 0. The lowest BCUT2D eigenvalue weighted by molar-refractivity contribution is 0.569. The highest BCUT2D eigenvalue weighted by Gasteiger charge is 2.11. The number of hydrogen-bond acceptors (Lipinski definition) is 2. The Balaban J connectivity index is 0.00000169. The molecule has 2 N–H and O–H groups in total. The van der Waals surface area contributed by atoms with Crippen LogP contribution in [0.1, 0.15) is 24.1 Å². The molecule has 0 amide bonds. The van der Waals surface area contributed by atoms with Crippen LogP contribution in [0.25, 0.3) is 0 Å². The number of rotatable bonds is 1. The molecule has 0 heterocycles. The number of hydrogen-bond donors (Lipinski definition) is 1. The third-order valence-electron chi connectivity index (χ3n) is 1.70. The summed E-state index contributed by atoms with van der Waals surface area (Å²) in [4.78, 5) is 0. The van der Waals surface area contributed by atoms with Gasteiger partial charge in [0.2, 0.25) is 0 Å². The van der Waals surface area contributed by atoms with Gasteiger partial charge in [0, 0.05) is 6.04 Å². The Morgan fingerprint density at radius 1 is 1.36 bits per heavy atom. The summed E-state index contributed by atoms with van der Waals surface area (Å²) < 4.78 is 25.9. The van der Waals surface area contributed by atoms with Crippen molar-refractivity contribution in [1.82, 2.24) is 0 Å². The molecule has 0 aliphatic carbocycles. The monoisotopic (exact) mass is 218 g/mol. The van der Waals surface area contributed by atoms with Crippen molar-refractivity contribution in [2.24, 2.45) is 5.73 Å². The van der Waals surface area contributed by atoms with E-state index >= 15 is 0 Å². The molecular weight excluding hydrogens is 210 g/mol. The highest BCUT2D eigenvalue weighted by Crippen LogP contribution is 2.17. The maximum absolute atomic E-state index is 13.0. The lowest BCUT2D eigenvalue weighted by Gasteiger charge is -2.06. The Bertz CT molecular complexity index is 349. The van der Waals surface area contributed by atoms with Crippen molar-refractivity contribution in [3.8, 4) is 6.07 Å². The van der Waals surface area contributed by atoms with E-state index in [1.54, 1.807) is 6.92 Å². The van der Waals surface area contributed by atoms with Gasteiger partial charge in [0.25, 0.3) is 0 Å². The molecule has 1 atom stereocenters. The molecule has 5 heteroatoms. The normalized spacial score (nSPS) is 11.4. The van der Waals surface area contributed by atoms with E-state index in [4.69, 9.17) is 11.0 Å². The van der Waals surface area contributed by atoms with Gasteiger partial charge in [-0.05, 0) is 24.6 Å². The van der Waals surface area contributed by atoms with Gasteiger partial charge in [0.05, 0.1) is 0 Å². The summed E-state index contributed by atoms with van der Waals surface area (Å²) in [6, 6.07) is 3.14. The van der Waals surface area contributed by atoms with Crippen molar-refractivity contribution in [1.29, 1.82) is 5.26 Å². The highest BCUT2D eigenvalue weighted by molar-refractivity contribution is 5.85. The predicted octanol–water partition coefficient (Wildman–Crippen LogP) is 2.28. The second-order valence-electron chi connectivity index (χ2n) is 2.76. The minimum atomic E-state index is -0.866. The van der Waals surface area contributed by atoms with Crippen LogP contribution < -0.4 is 5.73 Å². The first-order valence-electron chi connectivity index (χ1n) is 3.71. The van der Waals surface area contributed by atoms with Gasteiger partial charge in [0.1, 0.15) is 23.3 Å². The molecule has 0 fully saturated rings. The van der Waals surface area contributed by atoms with Crippen molar-refractivity contribution < 1.29 is 8.78 Å². The van der Waals surface area contributed by atoms with Gasteiger partial charge in [-0.25, -0.2) is 8.78 Å². The van der Waals surface area contributed by atoms with E-state index in [0.717, 1.165) is 12.1 Å². The van der Waals surface area contributed by atoms with Gasteiger partial charge in [-0.15, -0.1) is 12.4 Å². The molecule has 1 aromatic rings. The zero-order valence-electron chi connectivity index (χ0n) is 7.42. The van der Waals surface area contributed by atoms with E-state index in [1.807, 2.05) is 0 Å². The molecule has 0 unspecified atom stereocenters. The molecular formula is C9H9ClF2N2. The SMILES string of the molecule is C[C@@H](N)c1cc(F)c(C#N)c(F)c1.Cl. The number of nitrogens with zero attached hydrogens (tertiary/aromatic N) is 1. The molecule has 0 saturated carbocycles. The second kappa shape index (κ2) is 4.89. The maximum Gasteiger partial charge on any atom is 0.144 e. The van der Waals surface area contributed by atoms with Crippen LogP contribution in [0.4, 0.5) is 8.78 Å². The highest BCUT2D eigenvalue weighted by atomic mass is 35.5. The Kier molecular flexibility index (Phi) is 4.48. The van der Waals surface area contributed by atoms with Crippen molar-refractivity contribution in [2.75, 3.05) is 0 Å². The molecule has 14 heavy (non-hydrogen) atoms. The molecule has 0 aliphatic heterocycles. The van der Waals surface area contributed by atoms with Crippen molar-refractivity contribution in [3.63, 3.8) is 0 Å². The lowest BCUT2D eigenvalue weighted by atomic mass is 10.1. The number of benzene rings is 1. The average Bonchev–Trinajstić information content (AvgIpc) is 2.03. The first kappa shape index (κ1) is 12.8. The fourth-order valence-electron chi connectivity index (χ4n) is 0.962. The zero-order chi connectivity index (χ0) is 10.0. The summed E-state index contributed by atoms with van der Waals surface area (Å²) in [6.45, 7) is 1.61. The molecule has 1 aromatic carbocycles. The Morgan fingerprint density at radius 2 is 1.79 bits per heavy atom. The number of halogens is 3. The summed E-state index contributed by atoms with van der Waals surface area (Å²) in [5.74, 6) is -1.73. The molecule has 0 aromatic heterocycles. The molecule has 2 nitrogen and oxygen atoms in total. The largest absolute Gasteiger partial charge is 0.324 e. The van der Waals surface area contributed by atoms with Gasteiger partial charge in [0.15, 0.2) is 0 Å². The molecule has 0 aliphatic rings. The lowest BCUT2D eigenvalue weighted by Crippen LogP contribution is -2.06. The summed E-state index contributed by atoms with van der Waals surface area (Å²) in [5, 5.41) is 8.37. The quantitative estimate of drug-likeness (QED) is 0.786.